The van der Waals surface area contributed by atoms with Crippen LogP contribution < -0.4 is 0 Å². The lowest BCUT2D eigenvalue weighted by atomic mass is 10.1. The second-order valence-corrected chi connectivity index (χ2v) is 4.94. The fourth-order valence-electron chi connectivity index (χ4n) is 2.05. The van der Waals surface area contributed by atoms with Crippen molar-refractivity contribution in [2.24, 2.45) is 0 Å². The van der Waals surface area contributed by atoms with E-state index in [-0.39, 0.29) is 5.69 Å². The lowest BCUT2D eigenvalue weighted by Gasteiger charge is -1.93. The molecule has 0 saturated heterocycles. The first-order valence-electron chi connectivity index (χ1n) is 5.50. The summed E-state index contributed by atoms with van der Waals surface area (Å²) in [4.78, 5) is 25.7. The number of aromatic amines is 1. The minimum Gasteiger partial charge on any atom is -0.353 e. The Bertz CT molecular complexity index is 775. The monoisotopic (exact) mass is 272 g/mol. The van der Waals surface area contributed by atoms with Crippen LogP contribution in [0.2, 0.25) is 0 Å². The minimum atomic E-state index is -0.466. The first-order valence-corrected chi connectivity index (χ1v) is 6.38. The van der Waals surface area contributed by atoms with Gasteiger partial charge >= 0.3 is 0 Å². The van der Waals surface area contributed by atoms with E-state index in [2.05, 4.69) is 4.98 Å². The number of hydrogen-bond donors (Lipinski definition) is 1. The fraction of sp³-hybridized carbons (Fsp3) is 0. The first kappa shape index (κ1) is 11.6. The van der Waals surface area contributed by atoms with Crippen LogP contribution in [0.25, 0.3) is 21.5 Å². The zero-order valence-electron chi connectivity index (χ0n) is 9.62. The molecule has 0 spiro atoms. The summed E-state index contributed by atoms with van der Waals surface area (Å²) in [5, 5.41) is 13.3. The van der Waals surface area contributed by atoms with E-state index in [1.807, 2.05) is 17.5 Å². The van der Waals surface area contributed by atoms with Gasteiger partial charge in [0.05, 0.1) is 15.5 Å². The van der Waals surface area contributed by atoms with E-state index in [1.54, 1.807) is 6.07 Å². The molecule has 0 saturated carbocycles. The standard InChI is InChI=1S/C13H8N2O3S/c16-7-10-9-6-8(15(17)18)3-4-11(9)14-13(10)12-2-1-5-19-12/h1-7,14H. The molecule has 19 heavy (non-hydrogen) atoms. The number of carbonyl (C=O) groups excluding carboxylic acids is 1. The number of non-ortho nitro benzene ring substituents is 1. The molecule has 0 bridgehead atoms. The van der Waals surface area contributed by atoms with E-state index < -0.39 is 4.92 Å². The molecular formula is C13H8N2O3S. The van der Waals surface area contributed by atoms with Crippen molar-refractivity contribution in [1.29, 1.82) is 0 Å². The molecule has 0 aliphatic rings. The number of benzene rings is 1. The number of nitro benzene ring substituents is 1. The van der Waals surface area contributed by atoms with E-state index in [9.17, 15) is 14.9 Å². The van der Waals surface area contributed by atoms with E-state index in [4.69, 9.17) is 0 Å². The smallest absolute Gasteiger partial charge is 0.270 e. The Balaban J connectivity index is 2.31. The van der Waals surface area contributed by atoms with Crippen LogP contribution >= 0.6 is 11.3 Å². The molecule has 0 amide bonds. The van der Waals surface area contributed by atoms with Gasteiger partial charge in [0.25, 0.3) is 5.69 Å². The van der Waals surface area contributed by atoms with Gasteiger partial charge in [-0.1, -0.05) is 6.07 Å². The van der Waals surface area contributed by atoms with Gasteiger partial charge in [-0.2, -0.15) is 0 Å². The van der Waals surface area contributed by atoms with Gasteiger partial charge in [-0.25, -0.2) is 0 Å². The van der Waals surface area contributed by atoms with Gasteiger partial charge in [-0.3, -0.25) is 14.9 Å². The Morgan fingerprint density at radius 1 is 1.32 bits per heavy atom. The molecule has 1 N–H and O–H groups in total. The third-order valence-electron chi connectivity index (χ3n) is 2.92. The summed E-state index contributed by atoms with van der Waals surface area (Å²) in [6.07, 6.45) is 0.734. The van der Waals surface area contributed by atoms with Crippen LogP contribution in [0.3, 0.4) is 0 Å². The van der Waals surface area contributed by atoms with Crippen molar-refractivity contribution in [2.45, 2.75) is 0 Å². The maximum absolute atomic E-state index is 11.3. The zero-order valence-corrected chi connectivity index (χ0v) is 10.4. The molecule has 2 aromatic heterocycles. The molecule has 0 aliphatic heterocycles. The quantitative estimate of drug-likeness (QED) is 0.449. The van der Waals surface area contributed by atoms with Crippen molar-refractivity contribution >= 4 is 34.2 Å². The Labute approximate surface area is 111 Å². The highest BCUT2D eigenvalue weighted by Gasteiger charge is 2.16. The van der Waals surface area contributed by atoms with Crippen molar-refractivity contribution in [2.75, 3.05) is 0 Å². The molecule has 2 heterocycles. The molecule has 1 aromatic carbocycles. The summed E-state index contributed by atoms with van der Waals surface area (Å²) in [7, 11) is 0. The average Bonchev–Trinajstić information content (AvgIpc) is 3.04. The Hall–Kier alpha value is -2.47. The van der Waals surface area contributed by atoms with Gasteiger partial charge in [-0.05, 0) is 17.5 Å². The van der Waals surface area contributed by atoms with Crippen LogP contribution in [0.15, 0.2) is 35.7 Å². The summed E-state index contributed by atoms with van der Waals surface area (Å²) >= 11 is 1.51. The predicted molar refractivity (Wildman–Crippen MR) is 73.7 cm³/mol. The zero-order chi connectivity index (χ0) is 13.4. The lowest BCUT2D eigenvalue weighted by molar-refractivity contribution is -0.384. The van der Waals surface area contributed by atoms with Crippen LogP contribution in [-0.4, -0.2) is 16.2 Å². The molecule has 0 atom stereocenters. The van der Waals surface area contributed by atoms with E-state index in [0.717, 1.165) is 16.7 Å². The highest BCUT2D eigenvalue weighted by Crippen LogP contribution is 2.33. The summed E-state index contributed by atoms with van der Waals surface area (Å²) in [5.74, 6) is 0. The van der Waals surface area contributed by atoms with Crippen LogP contribution in [0.1, 0.15) is 10.4 Å². The maximum atomic E-state index is 11.3. The molecule has 94 valence electrons. The molecule has 0 aliphatic carbocycles. The highest BCUT2D eigenvalue weighted by atomic mass is 32.1. The molecule has 0 radical (unpaired) electrons. The SMILES string of the molecule is O=Cc1c(-c2cccs2)[nH]c2ccc([N+](=O)[O-])cc12. The van der Waals surface area contributed by atoms with Crippen molar-refractivity contribution in [1.82, 2.24) is 4.98 Å². The van der Waals surface area contributed by atoms with Gasteiger partial charge < -0.3 is 4.98 Å². The van der Waals surface area contributed by atoms with Crippen molar-refractivity contribution in [3.63, 3.8) is 0 Å². The van der Waals surface area contributed by atoms with Gasteiger partial charge in [0.2, 0.25) is 0 Å². The molecule has 3 rings (SSSR count). The number of nitrogens with one attached hydrogen (secondary N) is 1. The predicted octanol–water partition coefficient (Wildman–Crippen LogP) is 3.62. The van der Waals surface area contributed by atoms with E-state index in [1.165, 1.54) is 23.5 Å². The maximum Gasteiger partial charge on any atom is 0.270 e. The number of hydrogen-bond acceptors (Lipinski definition) is 4. The topological polar surface area (TPSA) is 76.0 Å². The van der Waals surface area contributed by atoms with Crippen LogP contribution in [0.4, 0.5) is 5.69 Å². The normalized spacial score (nSPS) is 10.7. The summed E-state index contributed by atoms with van der Waals surface area (Å²) in [6, 6.07) is 8.26. The number of nitro groups is 1. The second-order valence-electron chi connectivity index (χ2n) is 4.00. The molecule has 5 nitrogen and oxygen atoms in total. The average molecular weight is 272 g/mol. The number of carbonyl (C=O) groups is 1. The Kier molecular flexibility index (Phi) is 2.64. The number of rotatable bonds is 3. The fourth-order valence-corrected chi connectivity index (χ4v) is 2.79. The van der Waals surface area contributed by atoms with Gasteiger partial charge in [0, 0.05) is 28.6 Å². The third-order valence-corrected chi connectivity index (χ3v) is 3.81. The minimum absolute atomic E-state index is 0.0210. The number of fused-ring (bicyclic) bond motifs is 1. The Morgan fingerprint density at radius 2 is 2.16 bits per heavy atom. The second kappa shape index (κ2) is 4.33. The molecule has 6 heteroatoms. The van der Waals surface area contributed by atoms with Gasteiger partial charge in [-0.15, -0.1) is 11.3 Å². The van der Waals surface area contributed by atoms with E-state index in [0.29, 0.717) is 16.6 Å². The summed E-state index contributed by atoms with van der Waals surface area (Å²) in [5.41, 5.74) is 1.87. The number of thiophene rings is 1. The molecule has 0 fully saturated rings. The number of aldehydes is 1. The first-order chi connectivity index (χ1) is 9.20. The van der Waals surface area contributed by atoms with Gasteiger partial charge in [0.1, 0.15) is 0 Å². The van der Waals surface area contributed by atoms with Crippen LogP contribution in [0, 0.1) is 10.1 Å². The number of aromatic nitrogens is 1. The van der Waals surface area contributed by atoms with Crippen molar-refractivity contribution in [3.8, 4) is 10.6 Å². The molecule has 0 unspecified atom stereocenters. The molecule has 3 aromatic rings. The van der Waals surface area contributed by atoms with Crippen LogP contribution in [0.5, 0.6) is 0 Å². The van der Waals surface area contributed by atoms with Crippen molar-refractivity contribution < 1.29 is 9.72 Å². The van der Waals surface area contributed by atoms with Gasteiger partial charge in [0.15, 0.2) is 6.29 Å². The highest BCUT2D eigenvalue weighted by molar-refractivity contribution is 7.13. The Morgan fingerprint density at radius 3 is 2.79 bits per heavy atom. The molecular weight excluding hydrogens is 264 g/mol. The largest absolute Gasteiger partial charge is 0.353 e. The van der Waals surface area contributed by atoms with Crippen LogP contribution in [-0.2, 0) is 0 Å². The summed E-state index contributed by atoms with van der Waals surface area (Å²) in [6.45, 7) is 0. The third kappa shape index (κ3) is 1.82. The summed E-state index contributed by atoms with van der Waals surface area (Å²) < 4.78 is 0. The van der Waals surface area contributed by atoms with E-state index >= 15 is 0 Å². The number of nitrogens with zero attached hydrogens (tertiary/aromatic N) is 1. The lowest BCUT2D eigenvalue weighted by Crippen LogP contribution is -1.87. The number of H-pyrrole nitrogens is 1. The van der Waals surface area contributed by atoms with Crippen molar-refractivity contribution in [3.05, 3.63) is 51.4 Å².